The van der Waals surface area contributed by atoms with Crippen molar-refractivity contribution in [3.05, 3.63) is 40.9 Å². The van der Waals surface area contributed by atoms with Gasteiger partial charge in [0, 0.05) is 6.54 Å². The van der Waals surface area contributed by atoms with Crippen LogP contribution in [-0.2, 0) is 6.54 Å². The monoisotopic (exact) mass is 296 g/mol. The first-order valence-electron chi connectivity index (χ1n) is 6.89. The number of aromatic hydroxyl groups is 1. The molecule has 0 aromatic heterocycles. The van der Waals surface area contributed by atoms with Crippen molar-refractivity contribution in [2.45, 2.75) is 45.3 Å². The summed E-state index contributed by atoms with van der Waals surface area (Å²) >= 11 is 6.05. The van der Waals surface area contributed by atoms with E-state index in [4.69, 9.17) is 11.6 Å². The molecule has 0 aliphatic carbocycles. The fourth-order valence-electron chi connectivity index (χ4n) is 2.46. The van der Waals surface area contributed by atoms with Crippen LogP contribution in [0.25, 0.3) is 0 Å². The van der Waals surface area contributed by atoms with Crippen LogP contribution in [0.15, 0.2) is 35.3 Å². The van der Waals surface area contributed by atoms with Crippen molar-refractivity contribution < 1.29 is 10.2 Å². The normalized spacial score (nSPS) is 22.2. The number of hydrogen-bond acceptors (Lipinski definition) is 4. The van der Waals surface area contributed by atoms with E-state index in [0.717, 1.165) is 24.8 Å². The van der Waals surface area contributed by atoms with E-state index in [1.807, 2.05) is 24.0 Å². The van der Waals surface area contributed by atoms with Crippen LogP contribution >= 0.6 is 11.6 Å². The van der Waals surface area contributed by atoms with Crippen molar-refractivity contribution in [3.63, 3.8) is 0 Å². The van der Waals surface area contributed by atoms with Crippen LogP contribution in [0.3, 0.4) is 0 Å². The molecule has 1 atom stereocenters. The van der Waals surface area contributed by atoms with E-state index < -0.39 is 0 Å². The van der Waals surface area contributed by atoms with Crippen molar-refractivity contribution in [3.8, 4) is 5.75 Å². The molecule has 1 aliphatic heterocycles. The molecule has 1 unspecified atom stereocenters. The predicted octanol–water partition coefficient (Wildman–Crippen LogP) is 3.63. The van der Waals surface area contributed by atoms with Crippen LogP contribution in [0.4, 0.5) is 0 Å². The van der Waals surface area contributed by atoms with Gasteiger partial charge in [-0.2, -0.15) is 0 Å². The lowest BCUT2D eigenvalue weighted by Gasteiger charge is -2.37. The van der Waals surface area contributed by atoms with E-state index >= 15 is 0 Å². The summed E-state index contributed by atoms with van der Waals surface area (Å²) in [6, 6.07) is 6.97. The van der Waals surface area contributed by atoms with Crippen molar-refractivity contribution >= 4 is 11.6 Å². The Morgan fingerprint density at radius 1 is 1.25 bits per heavy atom. The molecule has 2 rings (SSSR count). The highest BCUT2D eigenvalue weighted by Crippen LogP contribution is 2.34. The molecule has 0 spiro atoms. The van der Waals surface area contributed by atoms with E-state index in [9.17, 15) is 10.2 Å². The molecule has 0 amide bonds. The van der Waals surface area contributed by atoms with E-state index in [2.05, 4.69) is 12.2 Å². The fraction of sp³-hybridized carbons (Fsp3) is 0.467. The highest BCUT2D eigenvalue weighted by molar-refractivity contribution is 6.29. The molecular formula is C15H21ClN2O2. The van der Waals surface area contributed by atoms with Gasteiger partial charge in [-0.1, -0.05) is 37.1 Å². The first-order chi connectivity index (χ1) is 9.46. The molecule has 0 radical (unpaired) electrons. The van der Waals surface area contributed by atoms with E-state index in [1.54, 1.807) is 12.1 Å². The summed E-state index contributed by atoms with van der Waals surface area (Å²) in [6.45, 7) is 4.71. The van der Waals surface area contributed by atoms with Crippen LogP contribution in [0, 0.1) is 0 Å². The lowest BCUT2D eigenvalue weighted by atomic mass is 10.0. The quantitative estimate of drug-likeness (QED) is 0.726. The van der Waals surface area contributed by atoms with Gasteiger partial charge in [-0.25, -0.2) is 0 Å². The van der Waals surface area contributed by atoms with E-state index in [1.165, 1.54) is 0 Å². The lowest BCUT2D eigenvalue weighted by Crippen LogP contribution is -2.49. The summed E-state index contributed by atoms with van der Waals surface area (Å²) in [7, 11) is 0. The number of benzene rings is 1. The topological polar surface area (TPSA) is 55.7 Å². The van der Waals surface area contributed by atoms with Gasteiger partial charge in [0.15, 0.2) is 5.16 Å². The average molecular weight is 297 g/mol. The zero-order valence-corrected chi connectivity index (χ0v) is 12.6. The van der Waals surface area contributed by atoms with Crippen LogP contribution in [0.1, 0.15) is 38.7 Å². The van der Waals surface area contributed by atoms with Gasteiger partial charge in [-0.3, -0.25) is 0 Å². The SMILES string of the molecule is CCCCC1(C)NC(Cl)=C(O)N1Cc1ccc(O)cc1. The summed E-state index contributed by atoms with van der Waals surface area (Å²) in [6.07, 6.45) is 3.03. The second-order valence-electron chi connectivity index (χ2n) is 5.39. The molecule has 1 heterocycles. The van der Waals surface area contributed by atoms with Crippen LogP contribution in [0.2, 0.25) is 0 Å². The predicted molar refractivity (Wildman–Crippen MR) is 80.2 cm³/mol. The lowest BCUT2D eigenvalue weighted by molar-refractivity contribution is 0.0773. The molecule has 0 fully saturated rings. The molecule has 0 saturated carbocycles. The largest absolute Gasteiger partial charge is 0.508 e. The minimum Gasteiger partial charge on any atom is -0.508 e. The molecule has 1 aliphatic rings. The maximum atomic E-state index is 10.2. The Kier molecular flexibility index (Phi) is 4.33. The van der Waals surface area contributed by atoms with Gasteiger partial charge in [-0.15, -0.1) is 0 Å². The Morgan fingerprint density at radius 2 is 1.90 bits per heavy atom. The van der Waals surface area contributed by atoms with Crippen molar-refractivity contribution in [2.24, 2.45) is 0 Å². The number of phenolic OH excluding ortho intramolecular Hbond substituents is 1. The number of aliphatic hydroxyl groups is 1. The number of phenols is 1. The number of halogens is 1. The Hall–Kier alpha value is -1.55. The second kappa shape index (κ2) is 5.83. The Bertz CT molecular complexity index is 501. The number of nitrogens with one attached hydrogen (secondary N) is 1. The summed E-state index contributed by atoms with van der Waals surface area (Å²) in [4.78, 5) is 1.87. The Morgan fingerprint density at radius 3 is 2.50 bits per heavy atom. The highest BCUT2D eigenvalue weighted by Gasteiger charge is 2.40. The molecule has 4 nitrogen and oxygen atoms in total. The minimum atomic E-state index is -0.380. The van der Waals surface area contributed by atoms with Gasteiger partial charge in [-0.05, 0) is 37.5 Å². The third kappa shape index (κ3) is 2.96. The molecule has 1 aromatic carbocycles. The van der Waals surface area contributed by atoms with Crippen molar-refractivity contribution in [1.82, 2.24) is 10.2 Å². The summed E-state index contributed by atoms with van der Waals surface area (Å²) in [5.41, 5.74) is 0.625. The molecular weight excluding hydrogens is 276 g/mol. The van der Waals surface area contributed by atoms with Crippen LogP contribution < -0.4 is 5.32 Å². The molecule has 5 heteroatoms. The second-order valence-corrected chi connectivity index (χ2v) is 5.77. The molecule has 0 bridgehead atoms. The summed E-state index contributed by atoms with van der Waals surface area (Å²) in [5, 5.41) is 23.0. The first kappa shape index (κ1) is 14.9. The zero-order valence-electron chi connectivity index (χ0n) is 11.9. The third-order valence-electron chi connectivity index (χ3n) is 3.72. The molecule has 110 valence electrons. The third-order valence-corrected chi connectivity index (χ3v) is 3.98. The van der Waals surface area contributed by atoms with Gasteiger partial charge >= 0.3 is 0 Å². The Labute approximate surface area is 124 Å². The fourth-order valence-corrected chi connectivity index (χ4v) is 2.77. The number of unbranched alkanes of at least 4 members (excludes halogenated alkanes) is 1. The van der Waals surface area contributed by atoms with Gasteiger partial charge < -0.3 is 20.4 Å². The van der Waals surface area contributed by atoms with Crippen LogP contribution in [-0.4, -0.2) is 20.8 Å². The maximum absolute atomic E-state index is 10.2. The maximum Gasteiger partial charge on any atom is 0.225 e. The Balaban J connectivity index is 2.18. The first-order valence-corrected chi connectivity index (χ1v) is 7.26. The summed E-state index contributed by atoms with van der Waals surface area (Å²) in [5.74, 6) is 0.318. The molecule has 3 N–H and O–H groups in total. The van der Waals surface area contributed by atoms with Crippen LogP contribution in [0.5, 0.6) is 5.75 Å². The number of aliphatic hydroxyl groups excluding tert-OH is 1. The standard InChI is InChI=1S/C15H21ClN2O2/c1-3-4-9-15(2)17-13(16)14(20)18(15)10-11-5-7-12(19)8-6-11/h5-8,17,19-20H,3-4,9-10H2,1-2H3. The average Bonchev–Trinajstić information content (AvgIpc) is 2.63. The van der Waals surface area contributed by atoms with E-state index in [0.29, 0.717) is 11.7 Å². The molecule has 20 heavy (non-hydrogen) atoms. The zero-order chi connectivity index (χ0) is 14.8. The number of rotatable bonds is 5. The highest BCUT2D eigenvalue weighted by atomic mass is 35.5. The van der Waals surface area contributed by atoms with Crippen molar-refractivity contribution in [1.29, 1.82) is 0 Å². The van der Waals surface area contributed by atoms with Gasteiger partial charge in [0.2, 0.25) is 5.88 Å². The molecule has 0 saturated heterocycles. The number of nitrogens with zero attached hydrogens (tertiary/aromatic N) is 1. The van der Waals surface area contributed by atoms with Gasteiger partial charge in [0.25, 0.3) is 0 Å². The number of hydrogen-bond donors (Lipinski definition) is 3. The minimum absolute atomic E-state index is 0.0818. The summed E-state index contributed by atoms with van der Waals surface area (Å²) < 4.78 is 0. The molecule has 1 aromatic rings. The van der Waals surface area contributed by atoms with E-state index in [-0.39, 0.29) is 17.3 Å². The smallest absolute Gasteiger partial charge is 0.225 e. The van der Waals surface area contributed by atoms with Gasteiger partial charge in [0.05, 0.1) is 0 Å². The van der Waals surface area contributed by atoms with Gasteiger partial charge in [0.1, 0.15) is 11.4 Å². The van der Waals surface area contributed by atoms with Crippen molar-refractivity contribution in [2.75, 3.05) is 0 Å².